The van der Waals surface area contributed by atoms with Crippen LogP contribution in [0.25, 0.3) is 33.4 Å². The molecule has 3 heterocycles. The number of anilines is 1. The van der Waals surface area contributed by atoms with E-state index >= 15 is 0 Å². The average molecular weight is 380 g/mol. The van der Waals surface area contributed by atoms with E-state index < -0.39 is 0 Å². The molecule has 1 aliphatic rings. The van der Waals surface area contributed by atoms with E-state index in [2.05, 4.69) is 57.3 Å². The van der Waals surface area contributed by atoms with Gasteiger partial charge in [-0.3, -0.25) is 0 Å². The van der Waals surface area contributed by atoms with Gasteiger partial charge in [0, 0.05) is 35.9 Å². The zero-order chi connectivity index (χ0) is 19.6. The molecule has 0 amide bonds. The summed E-state index contributed by atoms with van der Waals surface area (Å²) in [6.45, 7) is 3.37. The van der Waals surface area contributed by atoms with Gasteiger partial charge in [-0.15, -0.1) is 0 Å². The number of aromatic nitrogens is 2. The fraction of sp³-hybridized carbons (Fsp3) is 0.167. The van der Waals surface area contributed by atoms with Crippen molar-refractivity contribution in [1.82, 2.24) is 9.97 Å². The van der Waals surface area contributed by atoms with Gasteiger partial charge < -0.3 is 14.6 Å². The summed E-state index contributed by atoms with van der Waals surface area (Å²) in [4.78, 5) is 10.3. The first-order chi connectivity index (χ1) is 14.3. The maximum atomic E-state index is 9.35. The Balaban J connectivity index is 1.65. The molecule has 0 bridgehead atoms. The van der Waals surface area contributed by atoms with Gasteiger partial charge in [-0.25, -0.2) is 4.98 Å². The minimum absolute atomic E-state index is 0.558. The second-order valence-electron chi connectivity index (χ2n) is 7.12. The van der Waals surface area contributed by atoms with E-state index in [4.69, 9.17) is 4.74 Å². The maximum absolute atomic E-state index is 9.35. The van der Waals surface area contributed by atoms with Crippen molar-refractivity contribution in [2.45, 2.75) is 0 Å². The molecule has 0 aliphatic carbocycles. The number of nitrogens with zero attached hydrogens (tertiary/aromatic N) is 3. The standard InChI is InChI=1S/C24H20N4O/c25-15-17-14-21-22(18-6-8-20(9-7-18)28-10-12-29-13-11-28)23(27-24(21)26-16-17)19-4-2-1-3-5-19/h1-9,14,16H,10-13H2,(H,26,27). The third-order valence-corrected chi connectivity index (χ3v) is 5.37. The van der Waals surface area contributed by atoms with Crippen LogP contribution in [0.5, 0.6) is 0 Å². The highest BCUT2D eigenvalue weighted by molar-refractivity contribution is 6.02. The number of rotatable bonds is 3. The highest BCUT2D eigenvalue weighted by atomic mass is 16.5. The van der Waals surface area contributed by atoms with Crippen LogP contribution >= 0.6 is 0 Å². The fourth-order valence-electron chi connectivity index (χ4n) is 3.91. The third-order valence-electron chi connectivity index (χ3n) is 5.37. The zero-order valence-corrected chi connectivity index (χ0v) is 15.9. The largest absolute Gasteiger partial charge is 0.378 e. The van der Waals surface area contributed by atoms with Gasteiger partial charge >= 0.3 is 0 Å². The van der Waals surface area contributed by atoms with Crippen molar-refractivity contribution in [3.05, 3.63) is 72.4 Å². The van der Waals surface area contributed by atoms with Crippen LogP contribution in [0, 0.1) is 11.3 Å². The number of hydrogen-bond donors (Lipinski definition) is 1. The molecule has 1 saturated heterocycles. The predicted molar refractivity (Wildman–Crippen MR) is 115 cm³/mol. The van der Waals surface area contributed by atoms with Crippen LogP contribution in [0.15, 0.2) is 66.9 Å². The highest BCUT2D eigenvalue weighted by Crippen LogP contribution is 2.38. The SMILES string of the molecule is N#Cc1cnc2[nH]c(-c3ccccc3)c(-c3ccc(N4CCOCC4)cc3)c2c1. The Morgan fingerprint density at radius 2 is 1.72 bits per heavy atom. The zero-order valence-electron chi connectivity index (χ0n) is 15.9. The fourth-order valence-corrected chi connectivity index (χ4v) is 3.91. The molecule has 1 N–H and O–H groups in total. The van der Waals surface area contributed by atoms with Crippen molar-refractivity contribution in [3.63, 3.8) is 0 Å². The topological polar surface area (TPSA) is 64.9 Å². The molecule has 2 aromatic carbocycles. The normalized spacial score (nSPS) is 14.1. The van der Waals surface area contributed by atoms with Gasteiger partial charge in [0.25, 0.3) is 0 Å². The minimum Gasteiger partial charge on any atom is -0.378 e. The Morgan fingerprint density at radius 3 is 2.45 bits per heavy atom. The average Bonchev–Trinajstić information content (AvgIpc) is 3.19. The van der Waals surface area contributed by atoms with E-state index in [1.807, 2.05) is 24.3 Å². The number of ether oxygens (including phenoxy) is 1. The number of aromatic amines is 1. The molecule has 142 valence electrons. The van der Waals surface area contributed by atoms with Crippen LogP contribution in [0.2, 0.25) is 0 Å². The van der Waals surface area contributed by atoms with Crippen molar-refractivity contribution >= 4 is 16.7 Å². The molecule has 5 heteroatoms. The summed E-state index contributed by atoms with van der Waals surface area (Å²) in [5, 5.41) is 10.3. The summed E-state index contributed by atoms with van der Waals surface area (Å²) in [6.07, 6.45) is 1.61. The molecule has 4 aromatic rings. The second-order valence-corrected chi connectivity index (χ2v) is 7.12. The van der Waals surface area contributed by atoms with Crippen LogP contribution in [-0.2, 0) is 4.74 Å². The van der Waals surface area contributed by atoms with Gasteiger partial charge in [0.1, 0.15) is 11.7 Å². The Kier molecular flexibility index (Phi) is 4.47. The summed E-state index contributed by atoms with van der Waals surface area (Å²) in [6, 6.07) is 23.0. The highest BCUT2D eigenvalue weighted by Gasteiger charge is 2.17. The quantitative estimate of drug-likeness (QED) is 0.564. The van der Waals surface area contributed by atoms with Gasteiger partial charge in [0.05, 0.1) is 24.5 Å². The van der Waals surface area contributed by atoms with Crippen LogP contribution in [0.3, 0.4) is 0 Å². The Bertz CT molecular complexity index is 1180. The van der Waals surface area contributed by atoms with E-state index in [0.717, 1.165) is 59.7 Å². The predicted octanol–water partition coefficient (Wildman–Crippen LogP) is 4.61. The van der Waals surface area contributed by atoms with Crippen molar-refractivity contribution < 1.29 is 4.74 Å². The molecule has 0 atom stereocenters. The summed E-state index contributed by atoms with van der Waals surface area (Å²) < 4.78 is 5.46. The van der Waals surface area contributed by atoms with E-state index in [-0.39, 0.29) is 0 Å². The first-order valence-electron chi connectivity index (χ1n) is 9.74. The molecule has 0 spiro atoms. The van der Waals surface area contributed by atoms with E-state index in [0.29, 0.717) is 5.56 Å². The first kappa shape index (κ1) is 17.5. The molecule has 0 unspecified atom stereocenters. The minimum atomic E-state index is 0.558. The lowest BCUT2D eigenvalue weighted by molar-refractivity contribution is 0.122. The van der Waals surface area contributed by atoms with Crippen molar-refractivity contribution in [2.24, 2.45) is 0 Å². The lowest BCUT2D eigenvalue weighted by atomic mass is 9.98. The van der Waals surface area contributed by atoms with Gasteiger partial charge in [0.15, 0.2) is 0 Å². The molecule has 0 radical (unpaired) electrons. The van der Waals surface area contributed by atoms with Crippen LogP contribution in [-0.4, -0.2) is 36.3 Å². The number of H-pyrrole nitrogens is 1. The van der Waals surface area contributed by atoms with Gasteiger partial charge in [-0.1, -0.05) is 42.5 Å². The van der Waals surface area contributed by atoms with Gasteiger partial charge in [0.2, 0.25) is 0 Å². The van der Waals surface area contributed by atoms with E-state index in [9.17, 15) is 5.26 Å². The second kappa shape index (κ2) is 7.42. The molecule has 29 heavy (non-hydrogen) atoms. The number of hydrogen-bond acceptors (Lipinski definition) is 4. The van der Waals surface area contributed by atoms with Crippen molar-refractivity contribution in [1.29, 1.82) is 5.26 Å². The number of benzene rings is 2. The lowest BCUT2D eigenvalue weighted by Gasteiger charge is -2.29. The molecule has 1 aliphatic heterocycles. The van der Waals surface area contributed by atoms with E-state index in [1.165, 1.54) is 5.69 Å². The Hall–Kier alpha value is -3.62. The number of morpholine rings is 1. The molecule has 1 fully saturated rings. The molecular formula is C24H20N4O. The Labute approximate surface area is 169 Å². The maximum Gasteiger partial charge on any atom is 0.138 e. The van der Waals surface area contributed by atoms with Crippen molar-refractivity contribution in [3.8, 4) is 28.5 Å². The van der Waals surface area contributed by atoms with Crippen molar-refractivity contribution in [2.75, 3.05) is 31.2 Å². The first-order valence-corrected chi connectivity index (χ1v) is 9.74. The monoisotopic (exact) mass is 380 g/mol. The van der Waals surface area contributed by atoms with Gasteiger partial charge in [-0.05, 0) is 29.3 Å². The van der Waals surface area contributed by atoms with E-state index in [1.54, 1.807) is 6.20 Å². The van der Waals surface area contributed by atoms with Crippen LogP contribution < -0.4 is 4.90 Å². The Morgan fingerprint density at radius 1 is 0.966 bits per heavy atom. The number of fused-ring (bicyclic) bond motifs is 1. The summed E-state index contributed by atoms with van der Waals surface area (Å²) in [5.74, 6) is 0. The summed E-state index contributed by atoms with van der Waals surface area (Å²) in [5.41, 5.74) is 6.83. The summed E-state index contributed by atoms with van der Waals surface area (Å²) >= 11 is 0. The van der Waals surface area contributed by atoms with Crippen LogP contribution in [0.1, 0.15) is 5.56 Å². The van der Waals surface area contributed by atoms with Crippen LogP contribution in [0.4, 0.5) is 5.69 Å². The number of nitriles is 1. The molecular weight excluding hydrogens is 360 g/mol. The lowest BCUT2D eigenvalue weighted by Crippen LogP contribution is -2.36. The van der Waals surface area contributed by atoms with Gasteiger partial charge in [-0.2, -0.15) is 5.26 Å². The number of nitrogens with one attached hydrogen (secondary N) is 1. The molecule has 5 rings (SSSR count). The third kappa shape index (κ3) is 3.24. The molecule has 0 saturated carbocycles. The smallest absolute Gasteiger partial charge is 0.138 e. The number of pyridine rings is 1. The molecule has 5 nitrogen and oxygen atoms in total. The molecule has 2 aromatic heterocycles. The summed E-state index contributed by atoms with van der Waals surface area (Å²) in [7, 11) is 0.